The topological polar surface area (TPSA) is 113 Å². The quantitative estimate of drug-likeness (QED) is 0.574. The zero-order chi connectivity index (χ0) is 12.3. The van der Waals surface area contributed by atoms with Crippen molar-refractivity contribution in [1.29, 1.82) is 0 Å². The molecule has 1 saturated heterocycles. The Kier molecular flexibility index (Phi) is 3.36. The van der Waals surface area contributed by atoms with Crippen molar-refractivity contribution in [2.75, 3.05) is 19.6 Å². The second-order valence-electron chi connectivity index (χ2n) is 4.15. The molecule has 0 spiro atoms. The first-order chi connectivity index (χ1) is 7.35. The molecule has 0 aromatic rings. The minimum atomic E-state index is -1.11. The molecule has 0 aromatic carbocycles. The molecule has 16 heavy (non-hydrogen) atoms. The number of nitrogens with two attached hydrogens (primary N) is 1. The van der Waals surface area contributed by atoms with Crippen molar-refractivity contribution < 1.29 is 19.5 Å². The SMILES string of the molecule is CC1(C(N)=O)CCN(C(=O)NCC(=O)O)C1. The third-order valence-corrected chi connectivity index (χ3v) is 2.75. The van der Waals surface area contributed by atoms with Gasteiger partial charge in [-0.25, -0.2) is 4.79 Å². The van der Waals surface area contributed by atoms with Crippen molar-refractivity contribution in [3.8, 4) is 0 Å². The van der Waals surface area contributed by atoms with E-state index in [2.05, 4.69) is 5.32 Å². The monoisotopic (exact) mass is 229 g/mol. The van der Waals surface area contributed by atoms with Crippen LogP contribution < -0.4 is 11.1 Å². The van der Waals surface area contributed by atoms with Crippen LogP contribution in [0.1, 0.15) is 13.3 Å². The highest BCUT2D eigenvalue weighted by Gasteiger charge is 2.40. The zero-order valence-electron chi connectivity index (χ0n) is 9.02. The Morgan fingerprint density at radius 2 is 2.12 bits per heavy atom. The number of carboxylic acid groups (broad SMARTS) is 1. The van der Waals surface area contributed by atoms with Crippen LogP contribution in [0.3, 0.4) is 0 Å². The van der Waals surface area contributed by atoms with Crippen molar-refractivity contribution >= 4 is 17.9 Å². The molecule has 1 heterocycles. The molecule has 90 valence electrons. The van der Waals surface area contributed by atoms with Gasteiger partial charge in [-0.2, -0.15) is 0 Å². The fourth-order valence-corrected chi connectivity index (χ4v) is 1.60. The number of carbonyl (C=O) groups is 3. The highest BCUT2D eigenvalue weighted by atomic mass is 16.4. The van der Waals surface area contributed by atoms with Gasteiger partial charge in [-0.3, -0.25) is 9.59 Å². The number of carbonyl (C=O) groups excluding carboxylic acids is 2. The van der Waals surface area contributed by atoms with Gasteiger partial charge in [0.1, 0.15) is 6.54 Å². The summed E-state index contributed by atoms with van der Waals surface area (Å²) in [6.45, 7) is 1.90. The Balaban J connectivity index is 2.50. The van der Waals surface area contributed by atoms with Crippen LogP contribution in [0.5, 0.6) is 0 Å². The number of nitrogens with one attached hydrogen (secondary N) is 1. The molecular weight excluding hydrogens is 214 g/mol. The number of hydrogen-bond acceptors (Lipinski definition) is 3. The molecule has 0 aromatic heterocycles. The van der Waals surface area contributed by atoms with Crippen molar-refractivity contribution in [1.82, 2.24) is 10.2 Å². The molecule has 1 aliphatic rings. The molecule has 1 rings (SSSR count). The molecule has 7 nitrogen and oxygen atoms in total. The molecule has 0 aliphatic carbocycles. The summed E-state index contributed by atoms with van der Waals surface area (Å²) >= 11 is 0. The number of hydrogen-bond donors (Lipinski definition) is 3. The van der Waals surface area contributed by atoms with Gasteiger partial charge in [-0.15, -0.1) is 0 Å². The number of aliphatic carboxylic acids is 1. The van der Waals surface area contributed by atoms with E-state index >= 15 is 0 Å². The summed E-state index contributed by atoms with van der Waals surface area (Å²) in [5.74, 6) is -1.55. The second-order valence-corrected chi connectivity index (χ2v) is 4.15. The smallest absolute Gasteiger partial charge is 0.323 e. The first-order valence-electron chi connectivity index (χ1n) is 4.89. The van der Waals surface area contributed by atoms with E-state index in [1.807, 2.05) is 0 Å². The van der Waals surface area contributed by atoms with Crippen LogP contribution in [-0.4, -0.2) is 47.5 Å². The number of nitrogens with zero attached hydrogens (tertiary/aromatic N) is 1. The van der Waals surface area contributed by atoms with Crippen molar-refractivity contribution in [2.24, 2.45) is 11.1 Å². The number of carboxylic acids is 1. The number of primary amides is 1. The lowest BCUT2D eigenvalue weighted by atomic mass is 9.89. The Hall–Kier alpha value is -1.79. The first-order valence-corrected chi connectivity index (χ1v) is 4.89. The lowest BCUT2D eigenvalue weighted by Crippen LogP contribution is -2.43. The molecule has 0 saturated carbocycles. The van der Waals surface area contributed by atoms with Crippen LogP contribution in [0.15, 0.2) is 0 Å². The fraction of sp³-hybridized carbons (Fsp3) is 0.667. The Labute approximate surface area is 92.6 Å². The molecular formula is C9H15N3O4. The van der Waals surface area contributed by atoms with Gasteiger partial charge in [0.2, 0.25) is 5.91 Å². The highest BCUT2D eigenvalue weighted by molar-refractivity contribution is 5.84. The molecule has 3 amide bonds. The third-order valence-electron chi connectivity index (χ3n) is 2.75. The molecule has 4 N–H and O–H groups in total. The van der Waals surface area contributed by atoms with Crippen LogP contribution in [0, 0.1) is 5.41 Å². The second kappa shape index (κ2) is 4.38. The number of rotatable bonds is 3. The number of likely N-dealkylation sites (tertiary alicyclic amines) is 1. The minimum Gasteiger partial charge on any atom is -0.480 e. The Morgan fingerprint density at radius 3 is 2.56 bits per heavy atom. The lowest BCUT2D eigenvalue weighted by molar-refractivity contribution is -0.135. The van der Waals surface area contributed by atoms with Crippen molar-refractivity contribution in [3.63, 3.8) is 0 Å². The lowest BCUT2D eigenvalue weighted by Gasteiger charge is -2.20. The van der Waals surface area contributed by atoms with Gasteiger partial charge in [0.15, 0.2) is 0 Å². The van der Waals surface area contributed by atoms with Gasteiger partial charge in [-0.1, -0.05) is 0 Å². The summed E-state index contributed by atoms with van der Waals surface area (Å²) in [6, 6.07) is -0.479. The van der Waals surface area contributed by atoms with Crippen molar-refractivity contribution in [3.05, 3.63) is 0 Å². The van der Waals surface area contributed by atoms with Gasteiger partial charge in [0, 0.05) is 13.1 Å². The third kappa shape index (κ3) is 2.62. The number of amides is 3. The maximum atomic E-state index is 11.5. The van der Waals surface area contributed by atoms with Gasteiger partial charge in [-0.05, 0) is 13.3 Å². The summed E-state index contributed by atoms with van der Waals surface area (Å²) in [6.07, 6.45) is 0.503. The van der Waals surface area contributed by atoms with E-state index in [1.54, 1.807) is 6.92 Å². The minimum absolute atomic E-state index is 0.230. The van der Waals surface area contributed by atoms with Crippen LogP contribution in [0.4, 0.5) is 4.79 Å². The molecule has 0 radical (unpaired) electrons. The van der Waals surface area contributed by atoms with E-state index in [0.29, 0.717) is 13.0 Å². The standard InChI is InChI=1S/C9H15N3O4/c1-9(7(10)15)2-3-12(5-9)8(16)11-4-6(13)14/h2-5H2,1H3,(H2,10,15)(H,11,16)(H,13,14). The van der Waals surface area contributed by atoms with E-state index in [1.165, 1.54) is 4.90 Å². The van der Waals surface area contributed by atoms with Gasteiger partial charge < -0.3 is 21.1 Å². The summed E-state index contributed by atoms with van der Waals surface area (Å²) in [5.41, 5.74) is 4.52. The zero-order valence-corrected chi connectivity index (χ0v) is 9.02. The largest absolute Gasteiger partial charge is 0.480 e. The molecule has 1 atom stereocenters. The molecule has 1 aliphatic heterocycles. The van der Waals surface area contributed by atoms with E-state index in [-0.39, 0.29) is 6.54 Å². The first kappa shape index (κ1) is 12.3. The average Bonchev–Trinajstić information content (AvgIpc) is 2.59. The predicted octanol–water partition coefficient (Wildman–Crippen LogP) is -1.02. The van der Waals surface area contributed by atoms with Gasteiger partial charge in [0.25, 0.3) is 0 Å². The van der Waals surface area contributed by atoms with Gasteiger partial charge >= 0.3 is 12.0 Å². The van der Waals surface area contributed by atoms with Crippen LogP contribution in [-0.2, 0) is 9.59 Å². The van der Waals surface area contributed by atoms with Crippen LogP contribution in [0.25, 0.3) is 0 Å². The maximum Gasteiger partial charge on any atom is 0.323 e. The molecule has 1 unspecified atom stereocenters. The van der Waals surface area contributed by atoms with Gasteiger partial charge in [0.05, 0.1) is 5.41 Å². The summed E-state index contributed by atoms with van der Waals surface area (Å²) in [4.78, 5) is 34.2. The summed E-state index contributed by atoms with van der Waals surface area (Å²) in [7, 11) is 0. The molecule has 0 bridgehead atoms. The number of urea groups is 1. The maximum absolute atomic E-state index is 11.5. The Bertz CT molecular complexity index is 331. The predicted molar refractivity (Wildman–Crippen MR) is 54.5 cm³/mol. The van der Waals surface area contributed by atoms with Crippen LogP contribution >= 0.6 is 0 Å². The average molecular weight is 229 g/mol. The van der Waals surface area contributed by atoms with Crippen molar-refractivity contribution in [2.45, 2.75) is 13.3 Å². The normalized spacial score (nSPS) is 24.2. The van der Waals surface area contributed by atoms with E-state index in [9.17, 15) is 14.4 Å². The molecule has 7 heteroatoms. The summed E-state index contributed by atoms with van der Waals surface area (Å²) < 4.78 is 0. The highest BCUT2D eigenvalue weighted by Crippen LogP contribution is 2.29. The summed E-state index contributed by atoms with van der Waals surface area (Å²) in [5, 5.41) is 10.6. The van der Waals surface area contributed by atoms with Crippen LogP contribution in [0.2, 0.25) is 0 Å². The molecule has 1 fully saturated rings. The Morgan fingerprint density at radius 1 is 1.50 bits per heavy atom. The van der Waals surface area contributed by atoms with E-state index in [4.69, 9.17) is 10.8 Å². The van der Waals surface area contributed by atoms with E-state index < -0.39 is 29.9 Å². The van der Waals surface area contributed by atoms with E-state index in [0.717, 1.165) is 0 Å². The fourth-order valence-electron chi connectivity index (χ4n) is 1.60.